The van der Waals surface area contributed by atoms with Crippen LogP contribution in [0.3, 0.4) is 0 Å². The van der Waals surface area contributed by atoms with E-state index in [1.54, 1.807) is 46.3 Å². The molecule has 0 unspecified atom stereocenters. The maximum Gasteiger partial charge on any atom is 0.277 e. The van der Waals surface area contributed by atoms with Gasteiger partial charge >= 0.3 is 0 Å². The molecule has 1 amide bonds. The Hall–Kier alpha value is -3.07. The first-order valence-electron chi connectivity index (χ1n) is 8.19. The summed E-state index contributed by atoms with van der Waals surface area (Å²) in [5.74, 6) is 0.383. The normalized spacial score (nSPS) is 15.2. The standard InChI is InChI=1S/C16H18N8O/c25-16(14-11-24(22-21-14)13-4-7-17-8-5-13)20-12-2-3-15(18-10-12)23-9-1-6-19-23/h1-3,6,9-11,13,17H,4-5,7-8H2,(H,20,25). The van der Waals surface area contributed by atoms with Crippen molar-refractivity contribution in [3.8, 4) is 5.82 Å². The van der Waals surface area contributed by atoms with Crippen molar-refractivity contribution in [1.82, 2.24) is 35.1 Å². The Kier molecular flexibility index (Phi) is 4.21. The maximum atomic E-state index is 12.3. The maximum absolute atomic E-state index is 12.3. The van der Waals surface area contributed by atoms with Gasteiger partial charge in [0.15, 0.2) is 11.5 Å². The number of rotatable bonds is 4. The number of hydrogen-bond donors (Lipinski definition) is 2. The fraction of sp³-hybridized carbons (Fsp3) is 0.312. The third-order valence-corrected chi connectivity index (χ3v) is 4.17. The van der Waals surface area contributed by atoms with E-state index in [-0.39, 0.29) is 5.91 Å². The van der Waals surface area contributed by atoms with Crippen molar-refractivity contribution in [1.29, 1.82) is 0 Å². The molecule has 0 aliphatic carbocycles. The van der Waals surface area contributed by atoms with Crippen LogP contribution in [0.2, 0.25) is 0 Å². The lowest BCUT2D eigenvalue weighted by molar-refractivity contribution is 0.102. The molecule has 0 bridgehead atoms. The molecule has 128 valence electrons. The number of carbonyl (C=O) groups is 1. The summed E-state index contributed by atoms with van der Waals surface area (Å²) in [6.45, 7) is 1.92. The molecule has 3 aromatic heterocycles. The molecule has 25 heavy (non-hydrogen) atoms. The molecule has 0 atom stereocenters. The molecule has 4 rings (SSSR count). The van der Waals surface area contributed by atoms with E-state index in [9.17, 15) is 4.79 Å². The van der Waals surface area contributed by atoms with Gasteiger partial charge in [0.05, 0.1) is 24.1 Å². The van der Waals surface area contributed by atoms with E-state index < -0.39 is 0 Å². The second-order valence-electron chi connectivity index (χ2n) is 5.87. The molecular formula is C16H18N8O. The van der Waals surface area contributed by atoms with Gasteiger partial charge in [-0.25, -0.2) is 14.3 Å². The number of hydrogen-bond acceptors (Lipinski definition) is 6. The molecule has 2 N–H and O–H groups in total. The number of nitrogens with zero attached hydrogens (tertiary/aromatic N) is 6. The van der Waals surface area contributed by atoms with Crippen molar-refractivity contribution in [3.05, 3.63) is 48.7 Å². The number of pyridine rings is 1. The molecule has 1 aliphatic rings. The average molecular weight is 338 g/mol. The third kappa shape index (κ3) is 3.41. The van der Waals surface area contributed by atoms with Gasteiger partial charge in [0.2, 0.25) is 0 Å². The number of nitrogens with one attached hydrogen (secondary N) is 2. The van der Waals surface area contributed by atoms with Crippen LogP contribution in [-0.4, -0.2) is 48.8 Å². The van der Waals surface area contributed by atoms with Crippen LogP contribution in [0.25, 0.3) is 5.82 Å². The number of piperidine rings is 1. The first-order valence-corrected chi connectivity index (χ1v) is 8.19. The summed E-state index contributed by atoms with van der Waals surface area (Å²) in [5.41, 5.74) is 0.895. The minimum atomic E-state index is -0.297. The Bertz CT molecular complexity index is 833. The summed E-state index contributed by atoms with van der Waals surface area (Å²) in [5, 5.41) is 18.3. The SMILES string of the molecule is O=C(Nc1ccc(-n2cccn2)nc1)c1cn(C2CCNCC2)nn1. The molecule has 9 nitrogen and oxygen atoms in total. The molecule has 0 saturated carbocycles. The molecule has 4 heterocycles. The first-order chi connectivity index (χ1) is 12.3. The summed E-state index contributed by atoms with van der Waals surface area (Å²) in [4.78, 5) is 16.6. The van der Waals surface area contributed by atoms with Crippen molar-refractivity contribution in [3.63, 3.8) is 0 Å². The number of aromatic nitrogens is 6. The number of carbonyl (C=O) groups excluding carboxylic acids is 1. The average Bonchev–Trinajstić information content (AvgIpc) is 3.35. The van der Waals surface area contributed by atoms with Gasteiger partial charge in [-0.3, -0.25) is 4.79 Å². The zero-order chi connectivity index (χ0) is 17.1. The third-order valence-electron chi connectivity index (χ3n) is 4.17. The fourth-order valence-electron chi connectivity index (χ4n) is 2.83. The molecule has 1 aliphatic heterocycles. The van der Waals surface area contributed by atoms with Crippen LogP contribution in [0.5, 0.6) is 0 Å². The van der Waals surface area contributed by atoms with E-state index in [1.165, 1.54) is 0 Å². The van der Waals surface area contributed by atoms with E-state index in [0.717, 1.165) is 25.9 Å². The summed E-state index contributed by atoms with van der Waals surface area (Å²) in [6, 6.07) is 5.68. The van der Waals surface area contributed by atoms with Crippen molar-refractivity contribution in [2.75, 3.05) is 18.4 Å². The van der Waals surface area contributed by atoms with Crippen molar-refractivity contribution >= 4 is 11.6 Å². The first kappa shape index (κ1) is 15.5. The Balaban J connectivity index is 1.42. The number of anilines is 1. The van der Waals surface area contributed by atoms with Crippen LogP contribution < -0.4 is 10.6 Å². The summed E-state index contributed by atoms with van der Waals surface area (Å²) in [6.07, 6.45) is 8.76. The molecule has 0 spiro atoms. The second kappa shape index (κ2) is 6.81. The Morgan fingerprint density at radius 2 is 2.16 bits per heavy atom. The van der Waals surface area contributed by atoms with Crippen molar-refractivity contribution in [2.24, 2.45) is 0 Å². The van der Waals surface area contributed by atoms with Gasteiger partial charge in [-0.1, -0.05) is 5.21 Å². The monoisotopic (exact) mass is 338 g/mol. The lowest BCUT2D eigenvalue weighted by Crippen LogP contribution is -2.29. The predicted molar refractivity (Wildman–Crippen MR) is 90.5 cm³/mol. The van der Waals surface area contributed by atoms with Crippen LogP contribution in [0, 0.1) is 0 Å². The molecule has 0 aromatic carbocycles. The molecule has 0 radical (unpaired) electrons. The van der Waals surface area contributed by atoms with Crippen LogP contribution in [0.15, 0.2) is 43.0 Å². The van der Waals surface area contributed by atoms with Crippen LogP contribution in [0.4, 0.5) is 5.69 Å². The van der Waals surface area contributed by atoms with Crippen molar-refractivity contribution < 1.29 is 4.79 Å². The minimum Gasteiger partial charge on any atom is -0.319 e. The summed E-state index contributed by atoms with van der Waals surface area (Å²) >= 11 is 0. The van der Waals surface area contributed by atoms with Gasteiger partial charge in [0.25, 0.3) is 5.91 Å². The zero-order valence-electron chi connectivity index (χ0n) is 13.5. The lowest BCUT2D eigenvalue weighted by Gasteiger charge is -2.22. The topological polar surface area (TPSA) is 103 Å². The Morgan fingerprint density at radius 3 is 2.88 bits per heavy atom. The Morgan fingerprint density at radius 1 is 1.28 bits per heavy atom. The van der Waals surface area contributed by atoms with E-state index in [1.807, 2.05) is 6.07 Å². The highest BCUT2D eigenvalue weighted by molar-refractivity contribution is 6.02. The van der Waals surface area contributed by atoms with Gasteiger partial charge in [0, 0.05) is 12.4 Å². The van der Waals surface area contributed by atoms with Crippen LogP contribution in [0.1, 0.15) is 29.4 Å². The molecular weight excluding hydrogens is 320 g/mol. The Labute approximate surface area is 144 Å². The fourth-order valence-corrected chi connectivity index (χ4v) is 2.83. The van der Waals surface area contributed by atoms with Crippen LogP contribution >= 0.6 is 0 Å². The molecule has 1 saturated heterocycles. The minimum absolute atomic E-state index is 0.297. The van der Waals surface area contributed by atoms with Crippen LogP contribution in [-0.2, 0) is 0 Å². The van der Waals surface area contributed by atoms with E-state index in [2.05, 4.69) is 31.0 Å². The van der Waals surface area contributed by atoms with Gasteiger partial charge in [-0.15, -0.1) is 5.10 Å². The molecule has 3 aromatic rings. The highest BCUT2D eigenvalue weighted by Crippen LogP contribution is 2.17. The zero-order valence-corrected chi connectivity index (χ0v) is 13.5. The van der Waals surface area contributed by atoms with Crippen molar-refractivity contribution in [2.45, 2.75) is 18.9 Å². The largest absolute Gasteiger partial charge is 0.319 e. The van der Waals surface area contributed by atoms with E-state index in [4.69, 9.17) is 0 Å². The summed E-state index contributed by atoms with van der Waals surface area (Å²) < 4.78 is 3.44. The van der Waals surface area contributed by atoms with Gasteiger partial charge in [0.1, 0.15) is 0 Å². The number of amides is 1. The van der Waals surface area contributed by atoms with E-state index in [0.29, 0.717) is 23.2 Å². The molecule has 1 fully saturated rings. The molecule has 9 heteroatoms. The second-order valence-corrected chi connectivity index (χ2v) is 5.87. The highest BCUT2D eigenvalue weighted by atomic mass is 16.2. The summed E-state index contributed by atoms with van der Waals surface area (Å²) in [7, 11) is 0. The lowest BCUT2D eigenvalue weighted by atomic mass is 10.1. The predicted octanol–water partition coefficient (Wildman–Crippen LogP) is 1.04. The van der Waals surface area contributed by atoms with Gasteiger partial charge < -0.3 is 10.6 Å². The van der Waals surface area contributed by atoms with Gasteiger partial charge in [-0.05, 0) is 44.1 Å². The van der Waals surface area contributed by atoms with Gasteiger partial charge in [-0.2, -0.15) is 5.10 Å². The van der Waals surface area contributed by atoms with E-state index >= 15 is 0 Å². The quantitative estimate of drug-likeness (QED) is 0.737. The smallest absolute Gasteiger partial charge is 0.277 e. The highest BCUT2D eigenvalue weighted by Gasteiger charge is 2.18.